The predicted octanol–water partition coefficient (Wildman–Crippen LogP) is 3.43. The van der Waals surface area contributed by atoms with Crippen LogP contribution >= 0.6 is 0 Å². The second kappa shape index (κ2) is 4.72. The lowest BCUT2D eigenvalue weighted by atomic mass is 10.0. The molecule has 1 saturated heterocycles. The summed E-state index contributed by atoms with van der Waals surface area (Å²) in [6.07, 6.45) is 4.14. The van der Waals surface area contributed by atoms with Crippen LogP contribution in [-0.2, 0) is 0 Å². The Morgan fingerprint density at radius 2 is 2.21 bits per heavy atom. The largest absolute Gasteiger partial charge is 0.361 e. The number of aromatic amines is 1. The first-order valence-corrected chi connectivity index (χ1v) is 7.05. The zero-order chi connectivity index (χ0) is 13.4. The molecule has 0 bridgehead atoms. The number of hydrogen-bond acceptors (Lipinski definition) is 1. The van der Waals surface area contributed by atoms with Crippen molar-refractivity contribution in [3.63, 3.8) is 0 Å². The minimum absolute atomic E-state index is 0.171. The number of carbonyl (C=O) groups excluding carboxylic acids is 1. The van der Waals surface area contributed by atoms with Gasteiger partial charge in [-0.15, -0.1) is 0 Å². The van der Waals surface area contributed by atoms with Crippen LogP contribution in [0.3, 0.4) is 0 Å². The van der Waals surface area contributed by atoms with Crippen LogP contribution in [0.4, 0.5) is 0 Å². The predicted molar refractivity (Wildman–Crippen MR) is 77.2 cm³/mol. The number of amides is 1. The molecule has 1 atom stereocenters. The number of carbonyl (C=O) groups is 1. The van der Waals surface area contributed by atoms with E-state index in [1.165, 1.54) is 0 Å². The van der Waals surface area contributed by atoms with Crippen LogP contribution in [-0.4, -0.2) is 28.4 Å². The van der Waals surface area contributed by atoms with E-state index >= 15 is 0 Å². The summed E-state index contributed by atoms with van der Waals surface area (Å²) in [5.41, 5.74) is 1.76. The number of para-hydroxylation sites is 1. The van der Waals surface area contributed by atoms with Crippen LogP contribution in [0.15, 0.2) is 30.5 Å². The average Bonchev–Trinajstić information content (AvgIpc) is 3.05. The van der Waals surface area contributed by atoms with Gasteiger partial charge >= 0.3 is 0 Å². The minimum Gasteiger partial charge on any atom is -0.361 e. The molecule has 0 saturated carbocycles. The van der Waals surface area contributed by atoms with Crippen molar-refractivity contribution < 1.29 is 4.79 Å². The van der Waals surface area contributed by atoms with E-state index in [9.17, 15) is 4.79 Å². The molecule has 3 rings (SSSR count). The van der Waals surface area contributed by atoms with Gasteiger partial charge in [-0.2, -0.15) is 0 Å². The number of fused-ring (bicyclic) bond motifs is 1. The van der Waals surface area contributed by atoms with E-state index in [0.29, 0.717) is 12.0 Å². The Morgan fingerprint density at radius 1 is 1.37 bits per heavy atom. The van der Waals surface area contributed by atoms with E-state index in [1.54, 1.807) is 0 Å². The first-order chi connectivity index (χ1) is 9.18. The topological polar surface area (TPSA) is 36.1 Å². The van der Waals surface area contributed by atoms with Gasteiger partial charge in [0.15, 0.2) is 0 Å². The number of hydrogen-bond donors (Lipinski definition) is 1. The summed E-state index contributed by atoms with van der Waals surface area (Å²) >= 11 is 0. The molecular weight excluding hydrogens is 236 g/mol. The average molecular weight is 256 g/mol. The highest BCUT2D eigenvalue weighted by Crippen LogP contribution is 2.27. The first-order valence-electron chi connectivity index (χ1n) is 7.05. The quantitative estimate of drug-likeness (QED) is 0.878. The van der Waals surface area contributed by atoms with Gasteiger partial charge in [-0.05, 0) is 30.9 Å². The SMILES string of the molecule is CC(C)C1CCCN1C(=O)c1cccc2cc[nH]c12. The molecule has 1 aromatic carbocycles. The second-order valence-corrected chi connectivity index (χ2v) is 5.70. The molecule has 1 aliphatic heterocycles. The molecule has 19 heavy (non-hydrogen) atoms. The monoisotopic (exact) mass is 256 g/mol. The van der Waals surface area contributed by atoms with Crippen LogP contribution in [0.2, 0.25) is 0 Å². The Morgan fingerprint density at radius 3 is 3.00 bits per heavy atom. The molecule has 0 radical (unpaired) electrons. The summed E-state index contributed by atoms with van der Waals surface area (Å²) in [6, 6.07) is 8.32. The van der Waals surface area contributed by atoms with Gasteiger partial charge in [0.1, 0.15) is 0 Å². The maximum Gasteiger partial charge on any atom is 0.256 e. The lowest BCUT2D eigenvalue weighted by molar-refractivity contribution is 0.0703. The normalized spacial score (nSPS) is 19.5. The van der Waals surface area contributed by atoms with Crippen LogP contribution in [0.1, 0.15) is 37.0 Å². The second-order valence-electron chi connectivity index (χ2n) is 5.70. The fourth-order valence-electron chi connectivity index (χ4n) is 3.16. The third kappa shape index (κ3) is 2.03. The Kier molecular flexibility index (Phi) is 3.05. The molecule has 1 N–H and O–H groups in total. The van der Waals surface area contributed by atoms with Crippen molar-refractivity contribution in [3.05, 3.63) is 36.0 Å². The fourth-order valence-corrected chi connectivity index (χ4v) is 3.16. The molecular formula is C16H20N2O. The lowest BCUT2D eigenvalue weighted by Gasteiger charge is -2.28. The Hall–Kier alpha value is -1.77. The Labute approximate surface area is 113 Å². The summed E-state index contributed by atoms with van der Waals surface area (Å²) in [4.78, 5) is 18.0. The van der Waals surface area contributed by atoms with E-state index < -0.39 is 0 Å². The van der Waals surface area contributed by atoms with Crippen molar-refractivity contribution in [3.8, 4) is 0 Å². The molecule has 2 heterocycles. The molecule has 1 aromatic heterocycles. The number of likely N-dealkylation sites (tertiary alicyclic amines) is 1. The molecule has 3 nitrogen and oxygen atoms in total. The summed E-state index contributed by atoms with van der Waals surface area (Å²) in [7, 11) is 0. The van der Waals surface area contributed by atoms with Gasteiger partial charge in [-0.1, -0.05) is 26.0 Å². The molecule has 0 spiro atoms. The summed E-state index contributed by atoms with van der Waals surface area (Å²) in [5.74, 6) is 0.693. The van der Waals surface area contributed by atoms with Crippen LogP contribution in [0, 0.1) is 5.92 Å². The lowest BCUT2D eigenvalue weighted by Crippen LogP contribution is -2.38. The number of nitrogens with zero attached hydrogens (tertiary/aromatic N) is 1. The third-order valence-electron chi connectivity index (χ3n) is 4.15. The molecule has 0 aliphatic carbocycles. The van der Waals surface area contributed by atoms with E-state index in [4.69, 9.17) is 0 Å². The molecule has 1 fully saturated rings. The van der Waals surface area contributed by atoms with Gasteiger partial charge in [0.05, 0.1) is 11.1 Å². The number of H-pyrrole nitrogens is 1. The zero-order valence-corrected chi connectivity index (χ0v) is 11.5. The molecule has 100 valence electrons. The smallest absolute Gasteiger partial charge is 0.256 e. The molecule has 1 aliphatic rings. The van der Waals surface area contributed by atoms with Gasteiger partial charge in [0, 0.05) is 24.2 Å². The van der Waals surface area contributed by atoms with Crippen molar-refractivity contribution in [1.29, 1.82) is 0 Å². The minimum atomic E-state index is 0.171. The highest BCUT2D eigenvalue weighted by atomic mass is 16.2. The first kappa shape index (κ1) is 12.3. The van der Waals surface area contributed by atoms with Crippen molar-refractivity contribution in [2.24, 2.45) is 5.92 Å². The molecule has 3 heteroatoms. The van der Waals surface area contributed by atoms with Crippen molar-refractivity contribution >= 4 is 16.8 Å². The Balaban J connectivity index is 1.97. The third-order valence-corrected chi connectivity index (χ3v) is 4.15. The molecule has 2 aromatic rings. The van der Waals surface area contributed by atoms with Gasteiger partial charge in [-0.25, -0.2) is 0 Å². The van der Waals surface area contributed by atoms with Crippen molar-refractivity contribution in [2.75, 3.05) is 6.54 Å². The van der Waals surface area contributed by atoms with E-state index in [1.807, 2.05) is 30.5 Å². The van der Waals surface area contributed by atoms with Gasteiger partial charge in [-0.3, -0.25) is 4.79 Å². The number of aromatic nitrogens is 1. The number of nitrogens with one attached hydrogen (secondary N) is 1. The molecule has 1 amide bonds. The zero-order valence-electron chi connectivity index (χ0n) is 11.5. The number of rotatable bonds is 2. The summed E-state index contributed by atoms with van der Waals surface area (Å²) in [6.45, 7) is 5.29. The Bertz CT molecular complexity index is 600. The van der Waals surface area contributed by atoms with E-state index in [-0.39, 0.29) is 5.91 Å². The standard InChI is InChI=1S/C16H20N2O/c1-11(2)14-7-4-10-18(14)16(19)13-6-3-5-12-8-9-17-15(12)13/h3,5-6,8-9,11,14,17H,4,7,10H2,1-2H3. The summed E-state index contributed by atoms with van der Waals surface area (Å²) in [5, 5.41) is 1.10. The van der Waals surface area contributed by atoms with Crippen LogP contribution in [0.5, 0.6) is 0 Å². The maximum absolute atomic E-state index is 12.8. The van der Waals surface area contributed by atoms with Crippen LogP contribution < -0.4 is 0 Å². The molecule has 1 unspecified atom stereocenters. The maximum atomic E-state index is 12.8. The van der Waals surface area contributed by atoms with Gasteiger partial charge in [0.2, 0.25) is 0 Å². The van der Waals surface area contributed by atoms with Gasteiger partial charge < -0.3 is 9.88 Å². The van der Waals surface area contributed by atoms with Gasteiger partial charge in [0.25, 0.3) is 5.91 Å². The van der Waals surface area contributed by atoms with Crippen molar-refractivity contribution in [2.45, 2.75) is 32.7 Å². The highest BCUT2D eigenvalue weighted by molar-refractivity contribution is 6.05. The fraction of sp³-hybridized carbons (Fsp3) is 0.438. The van der Waals surface area contributed by atoms with Crippen molar-refractivity contribution in [1.82, 2.24) is 9.88 Å². The number of benzene rings is 1. The van der Waals surface area contributed by atoms with E-state index in [2.05, 4.69) is 23.7 Å². The highest BCUT2D eigenvalue weighted by Gasteiger charge is 2.31. The van der Waals surface area contributed by atoms with Crippen LogP contribution in [0.25, 0.3) is 10.9 Å². The summed E-state index contributed by atoms with van der Waals surface area (Å²) < 4.78 is 0. The van der Waals surface area contributed by atoms with E-state index in [0.717, 1.165) is 35.9 Å².